The molecule has 0 atom stereocenters. The molecule has 0 aromatic heterocycles. The Morgan fingerprint density at radius 1 is 1.35 bits per heavy atom. The molecule has 0 heteroatoms. The van der Waals surface area contributed by atoms with Crippen LogP contribution < -0.4 is 0 Å². The van der Waals surface area contributed by atoms with Crippen LogP contribution in [0.25, 0.3) is 0 Å². The summed E-state index contributed by atoms with van der Waals surface area (Å²) in [4.78, 5) is 0. The van der Waals surface area contributed by atoms with Gasteiger partial charge in [0.05, 0.1) is 0 Å². The maximum absolute atomic E-state index is 4.13. The summed E-state index contributed by atoms with van der Waals surface area (Å²) in [6.07, 6.45) is 13.8. The predicted octanol–water partition coefficient (Wildman–Crippen LogP) is 5.59. The second-order valence-corrected chi connectivity index (χ2v) is 5.46. The van der Waals surface area contributed by atoms with E-state index in [0.29, 0.717) is 0 Å². The lowest BCUT2D eigenvalue weighted by atomic mass is 10.0. The van der Waals surface area contributed by atoms with Gasteiger partial charge in [0, 0.05) is 0 Å². The average Bonchev–Trinajstić information content (AvgIpc) is 2.93. The number of allylic oxidation sites excluding steroid dienone is 6. The zero-order valence-corrected chi connectivity index (χ0v) is 11.5. The summed E-state index contributed by atoms with van der Waals surface area (Å²) in [6.45, 7) is 12.6. The second-order valence-electron chi connectivity index (χ2n) is 5.46. The molecule has 1 fully saturated rings. The van der Waals surface area contributed by atoms with Gasteiger partial charge < -0.3 is 0 Å². The van der Waals surface area contributed by atoms with Crippen molar-refractivity contribution in [1.29, 1.82) is 0 Å². The molecule has 0 amide bonds. The maximum atomic E-state index is 4.13. The van der Waals surface area contributed by atoms with Gasteiger partial charge in [0.2, 0.25) is 0 Å². The summed E-state index contributed by atoms with van der Waals surface area (Å²) >= 11 is 0. The summed E-state index contributed by atoms with van der Waals surface area (Å²) < 4.78 is 0. The molecule has 0 spiro atoms. The van der Waals surface area contributed by atoms with Crippen LogP contribution in [0.3, 0.4) is 0 Å². The molecule has 0 nitrogen and oxygen atoms in total. The second kappa shape index (κ2) is 7.32. The molecular weight excluding hydrogens is 204 g/mol. The molecule has 1 saturated carbocycles. The van der Waals surface area contributed by atoms with Crippen molar-refractivity contribution in [2.75, 3.05) is 0 Å². The average molecular weight is 230 g/mol. The van der Waals surface area contributed by atoms with E-state index >= 15 is 0 Å². The lowest BCUT2D eigenvalue weighted by Gasteiger charge is -2.05. The highest BCUT2D eigenvalue weighted by Gasteiger charge is 2.15. The molecule has 0 bridgehead atoms. The predicted molar refractivity (Wildman–Crippen MR) is 78.0 cm³/mol. The summed E-state index contributed by atoms with van der Waals surface area (Å²) in [5.74, 6) is 0.816. The molecular formula is C17H26. The fourth-order valence-electron chi connectivity index (χ4n) is 1.82. The number of hydrogen-bond donors (Lipinski definition) is 0. The van der Waals surface area contributed by atoms with Crippen LogP contribution in [0.2, 0.25) is 0 Å². The molecule has 1 aliphatic carbocycles. The van der Waals surface area contributed by atoms with Crippen molar-refractivity contribution in [2.45, 2.75) is 52.4 Å². The van der Waals surface area contributed by atoms with E-state index in [1.54, 1.807) is 0 Å². The third-order valence-electron chi connectivity index (χ3n) is 3.12. The minimum absolute atomic E-state index is 0.816. The van der Waals surface area contributed by atoms with E-state index in [0.717, 1.165) is 25.2 Å². The van der Waals surface area contributed by atoms with Crippen molar-refractivity contribution in [3.63, 3.8) is 0 Å². The van der Waals surface area contributed by atoms with Crippen LogP contribution >= 0.6 is 0 Å². The van der Waals surface area contributed by atoms with Crippen molar-refractivity contribution in [3.8, 4) is 0 Å². The smallest absolute Gasteiger partial charge is 0.00293 e. The van der Waals surface area contributed by atoms with Gasteiger partial charge in [-0.25, -0.2) is 0 Å². The van der Waals surface area contributed by atoms with Crippen molar-refractivity contribution in [3.05, 3.63) is 48.1 Å². The SMILES string of the molecule is C=C(C/C=C/C/C=C1/CC1=C)CCCC(C)C. The first kappa shape index (κ1) is 14.0. The summed E-state index contributed by atoms with van der Waals surface area (Å²) in [5.41, 5.74) is 4.13. The molecule has 0 heterocycles. The summed E-state index contributed by atoms with van der Waals surface area (Å²) in [5, 5.41) is 0. The molecule has 1 rings (SSSR count). The van der Waals surface area contributed by atoms with Gasteiger partial charge in [-0.2, -0.15) is 0 Å². The van der Waals surface area contributed by atoms with E-state index < -0.39 is 0 Å². The van der Waals surface area contributed by atoms with Crippen molar-refractivity contribution >= 4 is 0 Å². The molecule has 0 radical (unpaired) electrons. The molecule has 0 unspecified atom stereocenters. The lowest BCUT2D eigenvalue weighted by Crippen LogP contribution is -1.88. The zero-order chi connectivity index (χ0) is 12.7. The van der Waals surface area contributed by atoms with E-state index in [-0.39, 0.29) is 0 Å². The van der Waals surface area contributed by atoms with Gasteiger partial charge in [-0.05, 0) is 49.2 Å². The number of hydrogen-bond acceptors (Lipinski definition) is 0. The maximum Gasteiger partial charge on any atom is -0.00293 e. The highest BCUT2D eigenvalue weighted by molar-refractivity contribution is 5.48. The highest BCUT2D eigenvalue weighted by atomic mass is 14.2. The Hall–Kier alpha value is -1.04. The first-order chi connectivity index (χ1) is 8.09. The third-order valence-corrected chi connectivity index (χ3v) is 3.12. The Morgan fingerprint density at radius 3 is 2.65 bits per heavy atom. The monoisotopic (exact) mass is 230 g/mol. The molecule has 0 saturated heterocycles. The van der Waals surface area contributed by atoms with Crippen LogP contribution in [-0.4, -0.2) is 0 Å². The minimum atomic E-state index is 0.816. The van der Waals surface area contributed by atoms with E-state index in [2.05, 4.69) is 45.2 Å². The first-order valence-corrected chi connectivity index (χ1v) is 6.78. The molecule has 0 aromatic rings. The largest absolute Gasteiger partial charge is 0.0995 e. The first-order valence-electron chi connectivity index (χ1n) is 6.78. The quantitative estimate of drug-likeness (QED) is 0.477. The summed E-state index contributed by atoms with van der Waals surface area (Å²) in [6, 6.07) is 0. The van der Waals surface area contributed by atoms with Gasteiger partial charge in [-0.1, -0.05) is 57.2 Å². The molecule has 0 aromatic carbocycles. The van der Waals surface area contributed by atoms with E-state index in [9.17, 15) is 0 Å². The molecule has 1 aliphatic rings. The fraction of sp³-hybridized carbons (Fsp3) is 0.529. The minimum Gasteiger partial charge on any atom is -0.0995 e. The molecule has 0 N–H and O–H groups in total. The zero-order valence-electron chi connectivity index (χ0n) is 11.5. The molecule has 94 valence electrons. The Bertz CT molecular complexity index is 326. The van der Waals surface area contributed by atoms with Gasteiger partial charge >= 0.3 is 0 Å². The Balaban J connectivity index is 2.03. The Morgan fingerprint density at radius 2 is 2.06 bits per heavy atom. The van der Waals surface area contributed by atoms with Gasteiger partial charge in [0.25, 0.3) is 0 Å². The Labute approximate surface area is 107 Å². The van der Waals surface area contributed by atoms with Crippen LogP contribution in [0.4, 0.5) is 0 Å². The molecule has 0 aliphatic heterocycles. The van der Waals surface area contributed by atoms with Crippen molar-refractivity contribution in [2.24, 2.45) is 5.92 Å². The van der Waals surface area contributed by atoms with Crippen molar-refractivity contribution < 1.29 is 0 Å². The standard InChI is InChI=1S/C17H26/c1-14(2)9-8-11-15(3)10-6-5-7-12-17-13-16(17)4/h5-6,12,14H,3-4,7-11,13H2,1-2H3/b6-5+,17-12-. The lowest BCUT2D eigenvalue weighted by molar-refractivity contribution is 0.553. The fourth-order valence-corrected chi connectivity index (χ4v) is 1.82. The third kappa shape index (κ3) is 6.99. The van der Waals surface area contributed by atoms with Gasteiger partial charge in [-0.3, -0.25) is 0 Å². The van der Waals surface area contributed by atoms with Crippen LogP contribution in [0.15, 0.2) is 48.1 Å². The van der Waals surface area contributed by atoms with E-state index in [1.807, 2.05) is 0 Å². The van der Waals surface area contributed by atoms with Gasteiger partial charge in [-0.15, -0.1) is 0 Å². The van der Waals surface area contributed by atoms with Crippen LogP contribution in [0, 0.1) is 5.92 Å². The summed E-state index contributed by atoms with van der Waals surface area (Å²) in [7, 11) is 0. The number of rotatable bonds is 8. The van der Waals surface area contributed by atoms with Crippen LogP contribution in [0.1, 0.15) is 52.4 Å². The molecule has 17 heavy (non-hydrogen) atoms. The van der Waals surface area contributed by atoms with Crippen LogP contribution in [-0.2, 0) is 0 Å². The van der Waals surface area contributed by atoms with Gasteiger partial charge in [0.15, 0.2) is 0 Å². The van der Waals surface area contributed by atoms with E-state index in [4.69, 9.17) is 0 Å². The van der Waals surface area contributed by atoms with Gasteiger partial charge in [0.1, 0.15) is 0 Å². The Kier molecular flexibility index (Phi) is 6.04. The topological polar surface area (TPSA) is 0 Å². The van der Waals surface area contributed by atoms with E-state index in [1.165, 1.54) is 36.0 Å². The normalized spacial score (nSPS) is 17.4. The van der Waals surface area contributed by atoms with Crippen LogP contribution in [0.5, 0.6) is 0 Å². The highest BCUT2D eigenvalue weighted by Crippen LogP contribution is 2.34. The van der Waals surface area contributed by atoms with Crippen molar-refractivity contribution in [1.82, 2.24) is 0 Å².